The molecule has 18 heavy (non-hydrogen) atoms. The number of benzene rings is 1. The minimum atomic E-state index is 0.397. The van der Waals surface area contributed by atoms with Crippen molar-refractivity contribution < 1.29 is 4.74 Å². The molecule has 0 saturated carbocycles. The number of halogens is 3. The molecular formula is C12H11BrCl2N2O. The molecule has 0 aliphatic heterocycles. The van der Waals surface area contributed by atoms with Gasteiger partial charge in [0.25, 0.3) is 0 Å². The first-order valence-corrected chi connectivity index (χ1v) is 6.79. The Labute approximate surface area is 124 Å². The van der Waals surface area contributed by atoms with Gasteiger partial charge in [-0.05, 0) is 41.1 Å². The summed E-state index contributed by atoms with van der Waals surface area (Å²) in [6.07, 6.45) is 0. The van der Waals surface area contributed by atoms with Gasteiger partial charge in [0.05, 0.1) is 15.9 Å². The normalized spacial score (nSPS) is 10.7. The first kappa shape index (κ1) is 13.7. The fraction of sp³-hybridized carbons (Fsp3) is 0.250. The lowest BCUT2D eigenvalue weighted by Gasteiger charge is -2.08. The van der Waals surface area contributed by atoms with E-state index in [0.29, 0.717) is 22.4 Å². The Morgan fingerprint density at radius 1 is 1.28 bits per heavy atom. The van der Waals surface area contributed by atoms with Crippen LogP contribution in [0.25, 0.3) is 0 Å². The maximum atomic E-state index is 5.91. The van der Waals surface area contributed by atoms with Gasteiger partial charge in [0.15, 0.2) is 0 Å². The Morgan fingerprint density at radius 3 is 2.39 bits per heavy atom. The second-order valence-corrected chi connectivity index (χ2v) is 5.53. The molecule has 3 nitrogen and oxygen atoms in total. The molecule has 0 amide bonds. The van der Waals surface area contributed by atoms with Crippen LogP contribution in [0.1, 0.15) is 11.4 Å². The number of aromatic nitrogens is 2. The summed E-state index contributed by atoms with van der Waals surface area (Å²) in [5.74, 6) is 0.637. The number of rotatable bonds is 3. The molecule has 0 spiro atoms. The standard InChI is InChI=1S/C12H11BrCl2N2O/c1-7-12(13)11(17(2)16-7)6-18-10-4-8(14)3-9(15)5-10/h3-5H,6H2,1-2H3. The maximum absolute atomic E-state index is 5.91. The van der Waals surface area contributed by atoms with Gasteiger partial charge in [-0.3, -0.25) is 4.68 Å². The van der Waals surface area contributed by atoms with E-state index >= 15 is 0 Å². The molecule has 96 valence electrons. The SMILES string of the molecule is Cc1nn(C)c(COc2cc(Cl)cc(Cl)c2)c1Br. The molecule has 0 atom stereocenters. The Hall–Kier alpha value is -0.710. The average Bonchev–Trinajstić information content (AvgIpc) is 2.50. The van der Waals surface area contributed by atoms with Crippen molar-refractivity contribution in [3.63, 3.8) is 0 Å². The molecule has 0 aliphatic carbocycles. The van der Waals surface area contributed by atoms with Crippen molar-refractivity contribution in [2.45, 2.75) is 13.5 Å². The van der Waals surface area contributed by atoms with Crippen LogP contribution in [-0.4, -0.2) is 9.78 Å². The molecule has 2 rings (SSSR count). The zero-order valence-electron chi connectivity index (χ0n) is 9.88. The summed E-state index contributed by atoms with van der Waals surface area (Å²) in [6, 6.07) is 5.12. The summed E-state index contributed by atoms with van der Waals surface area (Å²) in [5, 5.41) is 5.40. The van der Waals surface area contributed by atoms with Gasteiger partial charge in [-0.25, -0.2) is 0 Å². The second-order valence-electron chi connectivity index (χ2n) is 3.86. The Kier molecular flexibility index (Phi) is 4.20. The monoisotopic (exact) mass is 348 g/mol. The lowest BCUT2D eigenvalue weighted by atomic mass is 10.3. The quantitative estimate of drug-likeness (QED) is 0.822. The Balaban J connectivity index is 2.16. The van der Waals surface area contributed by atoms with E-state index in [9.17, 15) is 0 Å². The fourth-order valence-electron chi connectivity index (χ4n) is 1.60. The van der Waals surface area contributed by atoms with Crippen LogP contribution in [0.4, 0.5) is 0 Å². The summed E-state index contributed by atoms with van der Waals surface area (Å²) in [7, 11) is 1.88. The van der Waals surface area contributed by atoms with Crippen LogP contribution < -0.4 is 4.74 Å². The van der Waals surface area contributed by atoms with E-state index in [1.165, 1.54) is 0 Å². The van der Waals surface area contributed by atoms with Gasteiger partial charge in [-0.1, -0.05) is 23.2 Å². The third-order valence-corrected chi connectivity index (χ3v) is 3.94. The zero-order chi connectivity index (χ0) is 13.3. The van der Waals surface area contributed by atoms with Crippen LogP contribution in [0, 0.1) is 6.92 Å². The third-order valence-electron chi connectivity index (χ3n) is 2.47. The van der Waals surface area contributed by atoms with Crippen LogP contribution >= 0.6 is 39.1 Å². The van der Waals surface area contributed by atoms with Crippen molar-refractivity contribution in [1.82, 2.24) is 9.78 Å². The van der Waals surface area contributed by atoms with Crippen molar-refractivity contribution in [3.8, 4) is 5.75 Å². The molecule has 0 radical (unpaired) electrons. The summed E-state index contributed by atoms with van der Waals surface area (Å²) in [6.45, 7) is 2.33. The highest BCUT2D eigenvalue weighted by molar-refractivity contribution is 9.10. The second kappa shape index (κ2) is 5.51. The van der Waals surface area contributed by atoms with Crippen LogP contribution in [0.5, 0.6) is 5.75 Å². The minimum Gasteiger partial charge on any atom is -0.487 e. The predicted octanol–water partition coefficient (Wildman–Crippen LogP) is 4.38. The Morgan fingerprint density at radius 2 is 1.89 bits per heavy atom. The first-order valence-electron chi connectivity index (χ1n) is 5.24. The molecule has 0 N–H and O–H groups in total. The van der Waals surface area contributed by atoms with E-state index in [1.54, 1.807) is 22.9 Å². The van der Waals surface area contributed by atoms with Crippen LogP contribution in [0.3, 0.4) is 0 Å². The smallest absolute Gasteiger partial charge is 0.131 e. The minimum absolute atomic E-state index is 0.397. The van der Waals surface area contributed by atoms with Gasteiger partial charge in [0.1, 0.15) is 12.4 Å². The number of ether oxygens (including phenoxy) is 1. The molecule has 6 heteroatoms. The van der Waals surface area contributed by atoms with Crippen LogP contribution in [0.2, 0.25) is 10.0 Å². The molecule has 0 aliphatic rings. The van der Waals surface area contributed by atoms with E-state index in [1.807, 2.05) is 14.0 Å². The van der Waals surface area contributed by atoms with Crippen molar-refractivity contribution in [2.75, 3.05) is 0 Å². The molecule has 0 saturated heterocycles. The molecular weight excluding hydrogens is 339 g/mol. The highest BCUT2D eigenvalue weighted by Crippen LogP contribution is 2.26. The average molecular weight is 350 g/mol. The van der Waals surface area contributed by atoms with Gasteiger partial charge in [0, 0.05) is 17.1 Å². The van der Waals surface area contributed by atoms with E-state index < -0.39 is 0 Å². The molecule has 1 heterocycles. The van der Waals surface area contributed by atoms with Crippen molar-refractivity contribution in [2.24, 2.45) is 7.05 Å². The largest absolute Gasteiger partial charge is 0.487 e. The third kappa shape index (κ3) is 2.99. The van der Waals surface area contributed by atoms with Gasteiger partial charge in [-0.2, -0.15) is 5.10 Å². The summed E-state index contributed by atoms with van der Waals surface area (Å²) < 4.78 is 8.41. The summed E-state index contributed by atoms with van der Waals surface area (Å²) in [5.41, 5.74) is 1.89. The van der Waals surface area contributed by atoms with Gasteiger partial charge < -0.3 is 4.74 Å². The molecule has 0 fully saturated rings. The summed E-state index contributed by atoms with van der Waals surface area (Å²) >= 11 is 15.3. The fourth-order valence-corrected chi connectivity index (χ4v) is 2.56. The van der Waals surface area contributed by atoms with Crippen LogP contribution in [0.15, 0.2) is 22.7 Å². The van der Waals surface area contributed by atoms with Crippen molar-refractivity contribution in [3.05, 3.63) is 44.1 Å². The maximum Gasteiger partial charge on any atom is 0.131 e. The van der Waals surface area contributed by atoms with Crippen molar-refractivity contribution in [1.29, 1.82) is 0 Å². The highest BCUT2D eigenvalue weighted by atomic mass is 79.9. The zero-order valence-corrected chi connectivity index (χ0v) is 13.0. The van der Waals surface area contributed by atoms with Crippen molar-refractivity contribution >= 4 is 39.1 Å². The number of nitrogens with zero attached hydrogens (tertiary/aromatic N) is 2. The van der Waals surface area contributed by atoms with E-state index in [2.05, 4.69) is 21.0 Å². The molecule has 0 unspecified atom stereocenters. The lowest BCUT2D eigenvalue weighted by molar-refractivity contribution is 0.294. The number of hydrogen-bond donors (Lipinski definition) is 0. The molecule has 2 aromatic rings. The van der Waals surface area contributed by atoms with E-state index in [-0.39, 0.29) is 0 Å². The molecule has 1 aromatic carbocycles. The first-order chi connectivity index (χ1) is 8.47. The number of hydrogen-bond acceptors (Lipinski definition) is 2. The van der Waals surface area contributed by atoms with E-state index in [4.69, 9.17) is 27.9 Å². The van der Waals surface area contributed by atoms with Gasteiger partial charge >= 0.3 is 0 Å². The molecule has 1 aromatic heterocycles. The Bertz CT molecular complexity index is 563. The van der Waals surface area contributed by atoms with Gasteiger partial charge in [-0.15, -0.1) is 0 Å². The topological polar surface area (TPSA) is 27.1 Å². The van der Waals surface area contributed by atoms with E-state index in [0.717, 1.165) is 15.9 Å². The van der Waals surface area contributed by atoms with Crippen LogP contribution in [-0.2, 0) is 13.7 Å². The number of aryl methyl sites for hydroxylation is 2. The molecule has 0 bridgehead atoms. The predicted molar refractivity (Wildman–Crippen MR) is 76.4 cm³/mol. The van der Waals surface area contributed by atoms with Gasteiger partial charge in [0.2, 0.25) is 0 Å². The highest BCUT2D eigenvalue weighted by Gasteiger charge is 2.11. The summed E-state index contributed by atoms with van der Waals surface area (Å²) in [4.78, 5) is 0. The lowest BCUT2D eigenvalue weighted by Crippen LogP contribution is -2.03.